The van der Waals surface area contributed by atoms with Crippen molar-refractivity contribution < 1.29 is 51.4 Å². The molecule has 3 aliphatic rings. The molecule has 2 unspecified atom stereocenters. The van der Waals surface area contributed by atoms with Gasteiger partial charge in [0.1, 0.15) is 37.4 Å². The number of aldehydes is 2. The first-order chi connectivity index (χ1) is 35.4. The first-order valence-electron chi connectivity index (χ1n) is 25.6. The molecule has 2 atom stereocenters. The van der Waals surface area contributed by atoms with Gasteiger partial charge in [0.2, 0.25) is 24.1 Å². The highest BCUT2D eigenvalue weighted by Crippen LogP contribution is 2.34. The monoisotopic (exact) mass is 1040 g/mol. The number of amides is 4. The zero-order chi connectivity index (χ0) is 54.5. The Bertz CT molecular complexity index is 2130. The van der Waals surface area contributed by atoms with E-state index in [1.165, 1.54) is 18.0 Å². The van der Waals surface area contributed by atoms with Crippen molar-refractivity contribution in [1.29, 1.82) is 0 Å². The van der Waals surface area contributed by atoms with Crippen LogP contribution in [0.15, 0.2) is 49.1 Å². The van der Waals surface area contributed by atoms with Crippen molar-refractivity contribution in [3.63, 3.8) is 0 Å². The van der Waals surface area contributed by atoms with Gasteiger partial charge in [-0.2, -0.15) is 13.2 Å². The van der Waals surface area contributed by atoms with Crippen molar-refractivity contribution in [2.45, 2.75) is 133 Å². The van der Waals surface area contributed by atoms with Gasteiger partial charge in [-0.3, -0.25) is 24.2 Å². The number of nitrogens with two attached hydrogens (primary N) is 1. The lowest BCUT2D eigenvalue weighted by Crippen LogP contribution is -2.46. The highest BCUT2D eigenvalue weighted by Gasteiger charge is 2.39. The molecule has 0 bridgehead atoms. The van der Waals surface area contributed by atoms with Crippen LogP contribution in [0.25, 0.3) is 10.9 Å². The predicted octanol–water partition coefficient (Wildman–Crippen LogP) is 4.70. The lowest BCUT2D eigenvalue weighted by Gasteiger charge is -2.39. The van der Waals surface area contributed by atoms with Crippen molar-refractivity contribution >= 4 is 53.4 Å². The number of anilines is 1. The minimum atomic E-state index is -4.45. The second kappa shape index (κ2) is 34.0. The number of ether oxygens (including phenoxy) is 2. The molecule has 19 nitrogen and oxygen atoms in total. The fourth-order valence-corrected chi connectivity index (χ4v) is 9.05. The molecule has 2 aliphatic carbocycles. The molecule has 1 aliphatic heterocycles. The van der Waals surface area contributed by atoms with Crippen LogP contribution in [0.1, 0.15) is 108 Å². The summed E-state index contributed by atoms with van der Waals surface area (Å²) in [6.45, 7) is 6.99. The fourth-order valence-electron chi connectivity index (χ4n) is 9.05. The maximum atomic E-state index is 13.2. The number of pyridine rings is 1. The molecule has 6 rings (SSSR count). The second-order valence-electron chi connectivity index (χ2n) is 19.0. The van der Waals surface area contributed by atoms with E-state index < -0.39 is 17.8 Å². The summed E-state index contributed by atoms with van der Waals surface area (Å²) in [5.41, 5.74) is 6.01. The van der Waals surface area contributed by atoms with Crippen molar-refractivity contribution in [1.82, 2.24) is 45.6 Å². The predicted molar refractivity (Wildman–Crippen MR) is 277 cm³/mol. The maximum absolute atomic E-state index is 13.2. The number of rotatable bonds is 24. The van der Waals surface area contributed by atoms with Crippen LogP contribution < -0.4 is 27.0 Å². The molecular weight excluding hydrogens is 964 g/mol. The zero-order valence-corrected chi connectivity index (χ0v) is 44.0. The van der Waals surface area contributed by atoms with Crippen molar-refractivity contribution in [3.05, 3.63) is 60.2 Å². The van der Waals surface area contributed by atoms with E-state index in [9.17, 15) is 41.9 Å². The maximum Gasteiger partial charge on any atom is 0.416 e. The summed E-state index contributed by atoms with van der Waals surface area (Å²) in [5.74, 6) is 0.146. The normalized spacial score (nSPS) is 20.0. The van der Waals surface area contributed by atoms with E-state index in [1.807, 2.05) is 44.4 Å². The number of fused-ring (bicyclic) bond motifs is 1. The highest BCUT2D eigenvalue weighted by molar-refractivity contribution is 5.93. The van der Waals surface area contributed by atoms with E-state index in [2.05, 4.69) is 66.9 Å². The van der Waals surface area contributed by atoms with Gasteiger partial charge in [0.15, 0.2) is 0 Å². The topological polar surface area (TPSA) is 243 Å². The van der Waals surface area contributed by atoms with Crippen LogP contribution >= 0.6 is 0 Å². The summed E-state index contributed by atoms with van der Waals surface area (Å²) in [7, 11) is 8.16. The number of aromatic nitrogens is 3. The van der Waals surface area contributed by atoms with E-state index in [0.29, 0.717) is 88.6 Å². The summed E-state index contributed by atoms with van der Waals surface area (Å²) in [6, 6.07) is 9.03. The summed E-state index contributed by atoms with van der Waals surface area (Å²) in [6.07, 6.45) is 13.1. The molecule has 0 spiro atoms. The molecule has 2 saturated carbocycles. The van der Waals surface area contributed by atoms with Gasteiger partial charge in [-0.05, 0) is 136 Å². The van der Waals surface area contributed by atoms with E-state index in [-0.39, 0.29) is 60.0 Å². The fraction of sp³-hybridized carbons (Fsp3) is 0.635. The van der Waals surface area contributed by atoms with Crippen LogP contribution in [0.3, 0.4) is 0 Å². The Labute approximate surface area is 434 Å². The lowest BCUT2D eigenvalue weighted by molar-refractivity contribution is -0.137. The number of carbonyl (C=O) groups is 6. The molecule has 74 heavy (non-hydrogen) atoms. The first kappa shape index (κ1) is 62.6. The minimum Gasteiger partial charge on any atom is -0.377 e. The van der Waals surface area contributed by atoms with E-state index in [0.717, 1.165) is 76.2 Å². The number of benzene rings is 1. The SMILES string of the molecule is CC(C)N(C)C1CCC(N2CCC(Nc3ncnc4ccc(C(F)(F)F)cc34)C2=O)CC1.CN(C)C(CCC=O)c1cccnc1.CNC1CCC(C(N)=O)CC1.O=CCOCCOCCNC(=O)CCNC=O. The summed E-state index contributed by atoms with van der Waals surface area (Å²) < 4.78 is 49.5. The number of likely N-dealkylation sites (tertiary alicyclic amines) is 1. The third-order valence-electron chi connectivity index (χ3n) is 13.5. The molecule has 1 saturated heterocycles. The van der Waals surface area contributed by atoms with Crippen LogP contribution in [-0.2, 0) is 44.4 Å². The number of primary amides is 1. The third-order valence-corrected chi connectivity index (χ3v) is 13.5. The Hall–Kier alpha value is -5.68. The van der Waals surface area contributed by atoms with Gasteiger partial charge >= 0.3 is 6.18 Å². The lowest BCUT2D eigenvalue weighted by atomic mass is 9.86. The van der Waals surface area contributed by atoms with Gasteiger partial charge in [0, 0.05) is 86.4 Å². The Morgan fingerprint density at radius 3 is 2.23 bits per heavy atom. The van der Waals surface area contributed by atoms with Crippen molar-refractivity contribution in [3.8, 4) is 0 Å². The Morgan fingerprint density at radius 2 is 1.64 bits per heavy atom. The van der Waals surface area contributed by atoms with Crippen LogP contribution in [0, 0.1) is 5.92 Å². The molecule has 1 aromatic carbocycles. The van der Waals surface area contributed by atoms with E-state index >= 15 is 0 Å². The number of hydrogen-bond donors (Lipinski definition) is 5. The molecule has 6 N–H and O–H groups in total. The van der Waals surface area contributed by atoms with Gasteiger partial charge in [0.25, 0.3) is 0 Å². The number of nitrogens with one attached hydrogen (secondary N) is 4. The molecular formula is C52H80F3N11O8. The Morgan fingerprint density at radius 1 is 0.919 bits per heavy atom. The first-order valence-corrected chi connectivity index (χ1v) is 25.6. The van der Waals surface area contributed by atoms with Gasteiger partial charge in [-0.25, -0.2) is 9.97 Å². The average Bonchev–Trinajstić information content (AvgIpc) is 3.76. The molecule has 412 valence electrons. The zero-order valence-electron chi connectivity index (χ0n) is 44.0. The number of carbonyl (C=O) groups excluding carboxylic acids is 6. The van der Waals surface area contributed by atoms with Gasteiger partial charge in [-0.15, -0.1) is 0 Å². The number of halogens is 3. The minimum absolute atomic E-state index is 0.00408. The Balaban J connectivity index is 0.000000289. The van der Waals surface area contributed by atoms with Crippen LogP contribution in [0.5, 0.6) is 0 Å². The van der Waals surface area contributed by atoms with Gasteiger partial charge in [0.05, 0.1) is 30.9 Å². The smallest absolute Gasteiger partial charge is 0.377 e. The quantitative estimate of drug-likeness (QED) is 0.0604. The van der Waals surface area contributed by atoms with Gasteiger partial charge < -0.3 is 60.8 Å². The molecule has 4 amide bonds. The average molecular weight is 1040 g/mol. The van der Waals surface area contributed by atoms with Crippen LogP contribution in [0.2, 0.25) is 0 Å². The summed E-state index contributed by atoms with van der Waals surface area (Å²) in [5, 5.41) is 11.6. The Kier molecular flexibility index (Phi) is 28.8. The number of nitrogens with zero attached hydrogens (tertiary/aromatic N) is 6. The molecule has 0 radical (unpaired) electrons. The molecule has 3 heterocycles. The molecule has 2 aromatic heterocycles. The van der Waals surface area contributed by atoms with Crippen molar-refractivity contribution in [2.75, 3.05) is 79.6 Å². The van der Waals surface area contributed by atoms with Crippen LogP contribution in [0.4, 0.5) is 19.0 Å². The van der Waals surface area contributed by atoms with Crippen LogP contribution in [-0.4, -0.2) is 171 Å². The highest BCUT2D eigenvalue weighted by atomic mass is 19.4. The summed E-state index contributed by atoms with van der Waals surface area (Å²) in [4.78, 5) is 83.8. The standard InChI is InChI=1S/C23H30F3N5O.C11H16N2O.C10H18N2O5.C8H16N2O/c1-14(2)30(3)16-5-7-17(8-6-16)31-11-10-20(22(31)32)29-21-18-12-15(23(24,25)26)4-9-19(18)27-13-28-21;1-13(2)11(6-4-8-14)10-5-3-7-12-9-10;13-4-6-17-8-7-16-5-3-12-10(15)1-2-11-9-14;1-10-7-4-2-6(3-5-7)8(9)11/h4,9,12-14,16-17,20H,5-8,10-11H2,1-3H3,(H,27,28,29);3,5,7-9,11H,4,6H2,1-2H3;4,9H,1-3,5-8H2,(H,11,14)(H,12,15);6-7,10H,2-5H2,1H3,(H2,9,11). The molecule has 22 heteroatoms. The second-order valence-corrected chi connectivity index (χ2v) is 19.0. The van der Waals surface area contributed by atoms with Gasteiger partial charge in [-0.1, -0.05) is 6.07 Å². The summed E-state index contributed by atoms with van der Waals surface area (Å²) >= 11 is 0. The number of hydrogen-bond acceptors (Lipinski definition) is 15. The van der Waals surface area contributed by atoms with Crippen molar-refractivity contribution in [2.24, 2.45) is 11.7 Å². The molecule has 3 fully saturated rings. The van der Waals surface area contributed by atoms with E-state index in [4.69, 9.17) is 15.2 Å². The third kappa shape index (κ3) is 22.0. The molecule has 3 aromatic rings. The largest absolute Gasteiger partial charge is 0.416 e. The van der Waals surface area contributed by atoms with E-state index in [1.54, 1.807) is 6.20 Å². The number of alkyl halides is 3.